The number of carbonyl (C=O) groups excluding carboxylic acids is 2. The van der Waals surface area contributed by atoms with E-state index in [0.29, 0.717) is 17.5 Å². The zero-order valence-corrected chi connectivity index (χ0v) is 20.6. The van der Waals surface area contributed by atoms with Crippen molar-refractivity contribution in [3.63, 3.8) is 0 Å². The molecule has 1 aliphatic rings. The Kier molecular flexibility index (Phi) is 8.49. The normalized spacial score (nSPS) is 16.6. The topological polar surface area (TPSA) is 99.2 Å². The molecule has 1 unspecified atom stereocenters. The zero-order chi connectivity index (χ0) is 25.9. The van der Waals surface area contributed by atoms with Gasteiger partial charge in [-0.25, -0.2) is 4.79 Å². The number of unbranched alkanes of at least 4 members (excludes halogenated alkanes) is 1. The number of rotatable bonds is 7. The second-order valence-corrected chi connectivity index (χ2v) is 10.5. The summed E-state index contributed by atoms with van der Waals surface area (Å²) in [6, 6.07) is 1.65. The van der Waals surface area contributed by atoms with E-state index < -0.39 is 45.1 Å². The molecule has 0 N–H and O–H groups in total. The van der Waals surface area contributed by atoms with Crippen molar-refractivity contribution in [1.29, 1.82) is 0 Å². The number of halogens is 3. The van der Waals surface area contributed by atoms with Crippen LogP contribution < -0.4 is 4.18 Å². The maximum atomic E-state index is 12.8. The molecule has 192 valence electrons. The molecule has 34 heavy (non-hydrogen) atoms. The summed E-state index contributed by atoms with van der Waals surface area (Å²) >= 11 is 0. The van der Waals surface area contributed by atoms with Gasteiger partial charge >= 0.3 is 27.7 Å². The van der Waals surface area contributed by atoms with E-state index >= 15 is 0 Å². The van der Waals surface area contributed by atoms with Crippen molar-refractivity contribution in [2.45, 2.75) is 77.5 Å². The molecule has 1 amide bonds. The van der Waals surface area contributed by atoms with E-state index in [1.165, 1.54) is 17.9 Å². The smallest absolute Gasteiger partial charge is 0.466 e. The van der Waals surface area contributed by atoms with Gasteiger partial charge in [0.2, 0.25) is 0 Å². The Balaban J connectivity index is 2.42. The molecule has 0 aliphatic carbocycles. The molecule has 0 spiro atoms. The highest BCUT2D eigenvalue weighted by atomic mass is 32.2. The fraction of sp³-hybridized carbons (Fsp3) is 0.636. The number of hydrogen-bond donors (Lipinski definition) is 0. The molecule has 0 saturated heterocycles. The van der Waals surface area contributed by atoms with Crippen LogP contribution in [0.15, 0.2) is 12.1 Å². The molecule has 1 heterocycles. The highest BCUT2D eigenvalue weighted by Crippen LogP contribution is 2.39. The third-order valence-corrected chi connectivity index (χ3v) is 6.12. The van der Waals surface area contributed by atoms with Crippen molar-refractivity contribution in [1.82, 2.24) is 4.90 Å². The van der Waals surface area contributed by atoms with Crippen molar-refractivity contribution >= 4 is 22.2 Å². The van der Waals surface area contributed by atoms with E-state index in [0.717, 1.165) is 12.5 Å². The third-order valence-electron chi connectivity index (χ3n) is 5.15. The van der Waals surface area contributed by atoms with Gasteiger partial charge in [-0.3, -0.25) is 4.79 Å². The Bertz CT molecular complexity index is 1020. The standard InChI is InChI=1S/C22H30F3NO7S/c1-6-7-12-31-19(27)13-17-16-8-9-18(33-34(29,30)22(23,24)25)14(2)15(16)10-11-26(17)20(28)32-21(3,4)5/h8-9,17H,6-7,10-13H2,1-5H3. The van der Waals surface area contributed by atoms with Crippen molar-refractivity contribution < 1.29 is 44.8 Å². The number of nitrogens with zero attached hydrogens (tertiary/aromatic N) is 1. The average molecular weight is 510 g/mol. The lowest BCUT2D eigenvalue weighted by Crippen LogP contribution is -2.44. The molecule has 1 aliphatic heterocycles. The Morgan fingerprint density at radius 2 is 1.82 bits per heavy atom. The van der Waals surface area contributed by atoms with E-state index in [1.807, 2.05) is 6.92 Å². The molecular weight excluding hydrogens is 479 g/mol. The van der Waals surface area contributed by atoms with Gasteiger partial charge in [0.1, 0.15) is 11.4 Å². The molecule has 0 saturated carbocycles. The van der Waals surface area contributed by atoms with Crippen LogP contribution in [0.4, 0.5) is 18.0 Å². The summed E-state index contributed by atoms with van der Waals surface area (Å²) < 4.78 is 76.3. The van der Waals surface area contributed by atoms with E-state index in [-0.39, 0.29) is 31.6 Å². The first-order valence-corrected chi connectivity index (χ1v) is 12.3. The first kappa shape index (κ1) is 27.7. The third kappa shape index (κ3) is 6.77. The predicted molar refractivity (Wildman–Crippen MR) is 117 cm³/mol. The molecule has 2 rings (SSSR count). The highest BCUT2D eigenvalue weighted by molar-refractivity contribution is 7.88. The first-order valence-electron chi connectivity index (χ1n) is 10.9. The average Bonchev–Trinajstić information content (AvgIpc) is 2.68. The lowest BCUT2D eigenvalue weighted by atomic mass is 9.87. The van der Waals surface area contributed by atoms with Crippen molar-refractivity contribution in [3.05, 3.63) is 28.8 Å². The predicted octanol–water partition coefficient (Wildman–Crippen LogP) is 4.79. The molecular formula is C22H30F3NO7S. The first-order chi connectivity index (χ1) is 15.6. The molecule has 0 fully saturated rings. The van der Waals surface area contributed by atoms with Crippen molar-refractivity contribution in [2.24, 2.45) is 0 Å². The fourth-order valence-electron chi connectivity index (χ4n) is 3.52. The van der Waals surface area contributed by atoms with Gasteiger partial charge in [-0.15, -0.1) is 0 Å². The minimum Gasteiger partial charge on any atom is -0.466 e. The molecule has 12 heteroatoms. The number of benzene rings is 1. The van der Waals surface area contributed by atoms with Crippen LogP contribution in [0.1, 0.15) is 69.7 Å². The van der Waals surface area contributed by atoms with Crippen LogP contribution in [-0.4, -0.2) is 49.6 Å². The van der Waals surface area contributed by atoms with Crippen LogP contribution in [0.3, 0.4) is 0 Å². The van der Waals surface area contributed by atoms with Gasteiger partial charge in [-0.2, -0.15) is 21.6 Å². The molecule has 0 bridgehead atoms. The summed E-state index contributed by atoms with van der Waals surface area (Å²) in [6.07, 6.45) is 0.853. The van der Waals surface area contributed by atoms with Crippen LogP contribution in [0.25, 0.3) is 0 Å². The number of esters is 1. The Labute approximate surface area is 197 Å². The quantitative estimate of drug-likeness (QED) is 0.226. The number of carbonyl (C=O) groups is 2. The Hall–Kier alpha value is -2.50. The monoisotopic (exact) mass is 509 g/mol. The van der Waals surface area contributed by atoms with Crippen LogP contribution in [-0.2, 0) is 30.8 Å². The van der Waals surface area contributed by atoms with E-state index in [9.17, 15) is 31.2 Å². The van der Waals surface area contributed by atoms with Gasteiger partial charge in [0.15, 0.2) is 0 Å². The van der Waals surface area contributed by atoms with Gasteiger partial charge in [0.25, 0.3) is 0 Å². The van der Waals surface area contributed by atoms with Crippen LogP contribution in [0.2, 0.25) is 0 Å². The lowest BCUT2D eigenvalue weighted by Gasteiger charge is -2.38. The number of hydrogen-bond acceptors (Lipinski definition) is 7. The number of fused-ring (bicyclic) bond motifs is 1. The van der Waals surface area contributed by atoms with Crippen molar-refractivity contribution in [3.8, 4) is 5.75 Å². The number of alkyl halides is 3. The summed E-state index contributed by atoms with van der Waals surface area (Å²) in [4.78, 5) is 26.7. The summed E-state index contributed by atoms with van der Waals surface area (Å²) in [5.74, 6) is -1.01. The SMILES string of the molecule is CCCCOC(=O)CC1c2ccc(OS(=O)(=O)C(F)(F)F)c(C)c2CCN1C(=O)OC(C)(C)C. The molecule has 8 nitrogen and oxygen atoms in total. The minimum absolute atomic E-state index is 0.102. The zero-order valence-electron chi connectivity index (χ0n) is 19.8. The minimum atomic E-state index is -5.85. The second kappa shape index (κ2) is 10.4. The molecule has 1 atom stereocenters. The van der Waals surface area contributed by atoms with Gasteiger partial charge < -0.3 is 18.6 Å². The molecule has 1 aromatic carbocycles. The highest BCUT2D eigenvalue weighted by Gasteiger charge is 2.49. The molecule has 0 radical (unpaired) electrons. The Morgan fingerprint density at radius 1 is 1.18 bits per heavy atom. The lowest BCUT2D eigenvalue weighted by molar-refractivity contribution is -0.145. The number of amides is 1. The van der Waals surface area contributed by atoms with E-state index in [4.69, 9.17) is 9.47 Å². The van der Waals surface area contributed by atoms with Crippen molar-refractivity contribution in [2.75, 3.05) is 13.2 Å². The fourth-order valence-corrected chi connectivity index (χ4v) is 4.03. The summed E-state index contributed by atoms with van der Waals surface area (Å²) in [7, 11) is -5.85. The summed E-state index contributed by atoms with van der Waals surface area (Å²) in [5.41, 5.74) is -5.20. The van der Waals surface area contributed by atoms with E-state index in [2.05, 4.69) is 4.18 Å². The van der Waals surface area contributed by atoms with Gasteiger partial charge in [-0.05, 0) is 63.3 Å². The summed E-state index contributed by atoms with van der Waals surface area (Å²) in [5, 5.41) is 0. The largest absolute Gasteiger partial charge is 0.534 e. The Morgan fingerprint density at radius 3 is 2.38 bits per heavy atom. The maximum absolute atomic E-state index is 12.8. The van der Waals surface area contributed by atoms with Crippen LogP contribution in [0.5, 0.6) is 5.75 Å². The van der Waals surface area contributed by atoms with Crippen LogP contribution in [0, 0.1) is 6.92 Å². The number of ether oxygens (including phenoxy) is 2. The van der Waals surface area contributed by atoms with Gasteiger partial charge in [0, 0.05) is 6.54 Å². The molecule has 0 aromatic heterocycles. The maximum Gasteiger partial charge on any atom is 0.534 e. The second-order valence-electron chi connectivity index (χ2n) is 8.96. The summed E-state index contributed by atoms with van der Waals surface area (Å²) in [6.45, 7) is 8.80. The van der Waals surface area contributed by atoms with Gasteiger partial charge in [-0.1, -0.05) is 19.4 Å². The van der Waals surface area contributed by atoms with Crippen LogP contribution >= 0.6 is 0 Å². The van der Waals surface area contributed by atoms with E-state index in [1.54, 1.807) is 20.8 Å². The molecule has 1 aromatic rings. The van der Waals surface area contributed by atoms with Gasteiger partial charge in [0.05, 0.1) is 19.1 Å².